The van der Waals surface area contributed by atoms with Crippen LogP contribution in [0.25, 0.3) is 0 Å². The Bertz CT molecular complexity index is 343. The average molecular weight is 212 g/mol. The van der Waals surface area contributed by atoms with E-state index in [2.05, 4.69) is 0 Å². The van der Waals surface area contributed by atoms with Gasteiger partial charge in [-0.2, -0.15) is 0 Å². The van der Waals surface area contributed by atoms with Crippen molar-refractivity contribution in [3.63, 3.8) is 0 Å². The fourth-order valence-corrected chi connectivity index (χ4v) is 1.33. The van der Waals surface area contributed by atoms with Gasteiger partial charge >= 0.3 is 5.63 Å². The molecule has 1 rings (SSSR count). The van der Waals surface area contributed by atoms with Gasteiger partial charge in [-0.05, 0) is 12.8 Å². The van der Waals surface area contributed by atoms with Gasteiger partial charge in [-0.25, -0.2) is 4.79 Å². The van der Waals surface area contributed by atoms with E-state index in [1.807, 2.05) is 0 Å². The minimum absolute atomic E-state index is 0.210. The molecule has 0 atom stereocenters. The molecule has 0 saturated carbocycles. The summed E-state index contributed by atoms with van der Waals surface area (Å²) in [5.74, 6) is 1.17. The number of methoxy groups -OCH3 is 1. The van der Waals surface area contributed by atoms with Crippen LogP contribution in [-0.2, 0) is 6.42 Å². The number of hydrogen-bond acceptors (Lipinski definition) is 4. The first-order valence-corrected chi connectivity index (χ1v) is 5.05. The van der Waals surface area contributed by atoms with E-state index >= 15 is 0 Å². The summed E-state index contributed by atoms with van der Waals surface area (Å²) in [6.07, 6.45) is 3.31. The number of rotatable bonds is 6. The predicted octanol–water partition coefficient (Wildman–Crippen LogP) is 1.35. The Morgan fingerprint density at radius 1 is 1.33 bits per heavy atom. The molecule has 1 heterocycles. The van der Waals surface area contributed by atoms with Crippen LogP contribution in [0.5, 0.6) is 5.75 Å². The zero-order chi connectivity index (χ0) is 11.1. The first-order valence-electron chi connectivity index (χ1n) is 5.05. The summed E-state index contributed by atoms with van der Waals surface area (Å²) < 4.78 is 9.97. The van der Waals surface area contributed by atoms with Crippen molar-refractivity contribution in [2.24, 2.45) is 0 Å². The summed E-state index contributed by atoms with van der Waals surface area (Å²) in [5.41, 5.74) is -0.383. The van der Waals surface area contributed by atoms with Gasteiger partial charge in [0.15, 0.2) is 0 Å². The summed E-state index contributed by atoms with van der Waals surface area (Å²) >= 11 is 0. The number of hydrogen-bond donors (Lipinski definition) is 1. The van der Waals surface area contributed by atoms with Crippen LogP contribution >= 0.6 is 0 Å². The van der Waals surface area contributed by atoms with Crippen molar-refractivity contribution < 1.29 is 14.3 Å². The quantitative estimate of drug-likeness (QED) is 0.723. The van der Waals surface area contributed by atoms with Gasteiger partial charge in [0.1, 0.15) is 11.5 Å². The normalized spacial score (nSPS) is 10.3. The second kappa shape index (κ2) is 6.24. The third-order valence-electron chi connectivity index (χ3n) is 2.11. The van der Waals surface area contributed by atoms with Gasteiger partial charge in [0.2, 0.25) is 0 Å². The van der Waals surface area contributed by atoms with E-state index in [1.54, 1.807) is 6.07 Å². The Morgan fingerprint density at radius 3 is 2.80 bits per heavy atom. The van der Waals surface area contributed by atoms with Crippen LogP contribution < -0.4 is 10.4 Å². The second-order valence-electron chi connectivity index (χ2n) is 3.32. The standard InChI is InChI=1S/C11H16O4/c1-14-10-7-9(15-11(13)8-10)5-3-2-4-6-12/h7-8,12H,2-6H2,1H3. The lowest BCUT2D eigenvalue weighted by Gasteiger charge is -2.02. The molecule has 0 aliphatic rings. The van der Waals surface area contributed by atoms with Gasteiger partial charge < -0.3 is 14.3 Å². The first-order chi connectivity index (χ1) is 7.26. The van der Waals surface area contributed by atoms with E-state index < -0.39 is 0 Å². The molecule has 0 amide bonds. The summed E-state index contributed by atoms with van der Waals surface area (Å²) in [5, 5.41) is 8.60. The SMILES string of the molecule is COc1cc(CCCCCO)oc(=O)c1. The van der Waals surface area contributed by atoms with E-state index in [9.17, 15) is 4.79 Å². The lowest BCUT2D eigenvalue weighted by molar-refractivity contribution is 0.282. The fourth-order valence-electron chi connectivity index (χ4n) is 1.33. The Morgan fingerprint density at radius 2 is 2.13 bits per heavy atom. The molecule has 0 saturated heterocycles. The minimum Gasteiger partial charge on any atom is -0.496 e. The largest absolute Gasteiger partial charge is 0.496 e. The van der Waals surface area contributed by atoms with E-state index in [0.29, 0.717) is 17.9 Å². The van der Waals surface area contributed by atoms with Crippen molar-refractivity contribution in [2.75, 3.05) is 13.7 Å². The van der Waals surface area contributed by atoms with Gasteiger partial charge in [0.25, 0.3) is 0 Å². The molecule has 1 aromatic rings. The third-order valence-corrected chi connectivity index (χ3v) is 2.11. The minimum atomic E-state index is -0.383. The number of unbranched alkanes of at least 4 members (excludes halogenated alkanes) is 2. The summed E-state index contributed by atoms with van der Waals surface area (Å²) in [4.78, 5) is 11.1. The topological polar surface area (TPSA) is 59.7 Å². The van der Waals surface area contributed by atoms with Crippen LogP contribution in [0, 0.1) is 0 Å². The Labute approximate surface area is 88.5 Å². The highest BCUT2D eigenvalue weighted by atomic mass is 16.5. The van der Waals surface area contributed by atoms with Crippen LogP contribution in [0.2, 0.25) is 0 Å². The highest BCUT2D eigenvalue weighted by Gasteiger charge is 2.01. The average Bonchev–Trinajstić information content (AvgIpc) is 2.23. The third kappa shape index (κ3) is 4.16. The van der Waals surface area contributed by atoms with Crippen LogP contribution in [0.4, 0.5) is 0 Å². The highest BCUT2D eigenvalue weighted by molar-refractivity contribution is 5.20. The molecule has 84 valence electrons. The number of aliphatic hydroxyl groups excluding tert-OH is 1. The molecule has 15 heavy (non-hydrogen) atoms. The summed E-state index contributed by atoms with van der Waals surface area (Å²) in [6.45, 7) is 0.210. The Kier molecular flexibility index (Phi) is 4.90. The summed E-state index contributed by atoms with van der Waals surface area (Å²) in [6, 6.07) is 3.04. The maximum atomic E-state index is 11.1. The molecule has 0 aliphatic heterocycles. The van der Waals surface area contributed by atoms with Crippen molar-refractivity contribution in [1.82, 2.24) is 0 Å². The van der Waals surface area contributed by atoms with Crippen molar-refractivity contribution in [3.05, 3.63) is 28.3 Å². The maximum absolute atomic E-state index is 11.1. The molecule has 0 radical (unpaired) electrons. The van der Waals surface area contributed by atoms with E-state index in [-0.39, 0.29) is 12.2 Å². The molecule has 0 fully saturated rings. The van der Waals surface area contributed by atoms with E-state index in [0.717, 1.165) is 19.3 Å². The lowest BCUT2D eigenvalue weighted by Crippen LogP contribution is -2.01. The van der Waals surface area contributed by atoms with Crippen LogP contribution in [0.1, 0.15) is 25.0 Å². The van der Waals surface area contributed by atoms with Crippen LogP contribution in [0.15, 0.2) is 21.3 Å². The van der Waals surface area contributed by atoms with Crippen LogP contribution in [0.3, 0.4) is 0 Å². The Hall–Kier alpha value is -1.29. The second-order valence-corrected chi connectivity index (χ2v) is 3.32. The fraction of sp³-hybridized carbons (Fsp3) is 0.545. The van der Waals surface area contributed by atoms with Crippen molar-refractivity contribution >= 4 is 0 Å². The van der Waals surface area contributed by atoms with E-state index in [4.69, 9.17) is 14.3 Å². The zero-order valence-electron chi connectivity index (χ0n) is 8.86. The van der Waals surface area contributed by atoms with Gasteiger partial charge in [0, 0.05) is 19.1 Å². The predicted molar refractivity (Wildman–Crippen MR) is 56.2 cm³/mol. The van der Waals surface area contributed by atoms with Crippen molar-refractivity contribution in [1.29, 1.82) is 0 Å². The molecule has 1 N–H and O–H groups in total. The smallest absolute Gasteiger partial charge is 0.339 e. The van der Waals surface area contributed by atoms with Gasteiger partial charge in [-0.3, -0.25) is 0 Å². The molecule has 4 heteroatoms. The summed E-state index contributed by atoms with van der Waals surface area (Å²) in [7, 11) is 1.52. The molecule has 0 unspecified atom stereocenters. The number of aryl methyl sites for hydroxylation is 1. The molecule has 0 aromatic carbocycles. The molecule has 0 spiro atoms. The molecule has 0 aliphatic carbocycles. The van der Waals surface area contributed by atoms with Crippen molar-refractivity contribution in [3.8, 4) is 5.75 Å². The molecule has 1 aromatic heterocycles. The number of ether oxygens (including phenoxy) is 1. The van der Waals surface area contributed by atoms with Gasteiger partial charge in [-0.15, -0.1) is 0 Å². The first kappa shape index (κ1) is 11.8. The number of aliphatic hydroxyl groups is 1. The van der Waals surface area contributed by atoms with Gasteiger partial charge in [0.05, 0.1) is 13.2 Å². The highest BCUT2D eigenvalue weighted by Crippen LogP contribution is 2.12. The lowest BCUT2D eigenvalue weighted by atomic mass is 10.1. The zero-order valence-corrected chi connectivity index (χ0v) is 8.86. The van der Waals surface area contributed by atoms with Crippen molar-refractivity contribution in [2.45, 2.75) is 25.7 Å². The molecular formula is C11H16O4. The molecule has 4 nitrogen and oxygen atoms in total. The maximum Gasteiger partial charge on any atom is 0.339 e. The monoisotopic (exact) mass is 212 g/mol. The molecular weight excluding hydrogens is 196 g/mol. The van der Waals surface area contributed by atoms with Crippen LogP contribution in [-0.4, -0.2) is 18.8 Å². The van der Waals surface area contributed by atoms with E-state index in [1.165, 1.54) is 13.2 Å². The Balaban J connectivity index is 2.53. The van der Waals surface area contributed by atoms with Gasteiger partial charge in [-0.1, -0.05) is 6.42 Å². The molecule has 0 bridgehead atoms.